The van der Waals surface area contributed by atoms with Gasteiger partial charge in [-0.1, -0.05) is 12.1 Å². The van der Waals surface area contributed by atoms with Crippen LogP contribution in [0, 0.1) is 12.3 Å². The monoisotopic (exact) mass is 318 g/mol. The van der Waals surface area contributed by atoms with Crippen LogP contribution in [0.3, 0.4) is 0 Å². The van der Waals surface area contributed by atoms with Gasteiger partial charge >= 0.3 is 0 Å². The zero-order chi connectivity index (χ0) is 16.9. The Hall–Kier alpha value is -1.54. The molecule has 4 heteroatoms. The molecule has 1 fully saturated rings. The smallest absolute Gasteiger partial charge is 0.163 e. The lowest BCUT2D eigenvalue weighted by atomic mass is 10.1. The van der Waals surface area contributed by atoms with E-state index >= 15 is 0 Å². The van der Waals surface area contributed by atoms with Gasteiger partial charge in [0.15, 0.2) is 5.79 Å². The summed E-state index contributed by atoms with van der Waals surface area (Å²) >= 11 is 0. The Morgan fingerprint density at radius 1 is 1.26 bits per heavy atom. The van der Waals surface area contributed by atoms with Crippen molar-refractivity contribution in [3.05, 3.63) is 29.8 Å². The summed E-state index contributed by atoms with van der Waals surface area (Å²) in [7, 11) is 1.65. The average Bonchev–Trinajstić information content (AvgIpc) is 2.77. The maximum Gasteiger partial charge on any atom is 0.163 e. The van der Waals surface area contributed by atoms with E-state index in [0.717, 1.165) is 17.7 Å². The van der Waals surface area contributed by atoms with Gasteiger partial charge in [-0.2, -0.15) is 0 Å². The Balaban J connectivity index is 1.89. The largest absolute Gasteiger partial charge is 0.497 e. The van der Waals surface area contributed by atoms with Crippen molar-refractivity contribution >= 4 is 0 Å². The normalized spacial score (nSPS) is 24.1. The van der Waals surface area contributed by atoms with Crippen molar-refractivity contribution in [2.75, 3.05) is 7.11 Å². The lowest BCUT2D eigenvalue weighted by Crippen LogP contribution is -2.27. The van der Waals surface area contributed by atoms with Crippen LogP contribution in [0.15, 0.2) is 24.3 Å². The van der Waals surface area contributed by atoms with Gasteiger partial charge < -0.3 is 18.9 Å². The Labute approximate surface area is 139 Å². The van der Waals surface area contributed by atoms with Crippen molar-refractivity contribution in [3.8, 4) is 18.1 Å². The van der Waals surface area contributed by atoms with Crippen LogP contribution in [0.1, 0.15) is 39.2 Å². The van der Waals surface area contributed by atoms with Gasteiger partial charge in [0.05, 0.1) is 32.0 Å². The van der Waals surface area contributed by atoms with Gasteiger partial charge in [-0.05, 0) is 38.5 Å². The highest BCUT2D eigenvalue weighted by molar-refractivity contribution is 5.26. The van der Waals surface area contributed by atoms with Gasteiger partial charge in [0.1, 0.15) is 5.75 Å². The molecule has 23 heavy (non-hydrogen) atoms. The molecule has 4 nitrogen and oxygen atoms in total. The topological polar surface area (TPSA) is 36.9 Å². The summed E-state index contributed by atoms with van der Waals surface area (Å²) in [5.41, 5.74) is 1.09. The number of methoxy groups -OCH3 is 1. The number of benzene rings is 1. The Morgan fingerprint density at radius 2 is 1.96 bits per heavy atom. The molecular formula is C19H26O4. The predicted octanol–water partition coefficient (Wildman–Crippen LogP) is 3.53. The molecular weight excluding hydrogens is 292 g/mol. The van der Waals surface area contributed by atoms with Crippen LogP contribution in [0.25, 0.3) is 0 Å². The molecule has 1 saturated heterocycles. The first-order valence-corrected chi connectivity index (χ1v) is 7.97. The predicted molar refractivity (Wildman–Crippen MR) is 89.1 cm³/mol. The molecule has 0 unspecified atom stereocenters. The Morgan fingerprint density at radius 3 is 2.48 bits per heavy atom. The van der Waals surface area contributed by atoms with E-state index in [0.29, 0.717) is 13.0 Å². The van der Waals surface area contributed by atoms with Gasteiger partial charge in [-0.15, -0.1) is 12.3 Å². The lowest BCUT2D eigenvalue weighted by Gasteiger charge is -2.21. The molecule has 3 atom stereocenters. The zero-order valence-corrected chi connectivity index (χ0v) is 14.4. The first-order valence-electron chi connectivity index (χ1n) is 7.97. The first-order chi connectivity index (χ1) is 10.9. The minimum Gasteiger partial charge on any atom is -0.497 e. The molecule has 1 aromatic carbocycles. The molecule has 1 heterocycles. The fourth-order valence-electron chi connectivity index (χ4n) is 2.79. The van der Waals surface area contributed by atoms with Crippen LogP contribution < -0.4 is 4.74 Å². The second-order valence-corrected chi connectivity index (χ2v) is 6.30. The molecule has 1 aliphatic heterocycles. The van der Waals surface area contributed by atoms with E-state index in [4.69, 9.17) is 25.4 Å². The van der Waals surface area contributed by atoms with Crippen molar-refractivity contribution in [1.29, 1.82) is 0 Å². The molecule has 0 bridgehead atoms. The second-order valence-electron chi connectivity index (χ2n) is 6.30. The quantitative estimate of drug-likeness (QED) is 0.721. The van der Waals surface area contributed by atoms with Gasteiger partial charge in [0.2, 0.25) is 0 Å². The van der Waals surface area contributed by atoms with E-state index in [2.05, 4.69) is 5.92 Å². The maximum absolute atomic E-state index is 6.00. The van der Waals surface area contributed by atoms with Crippen LogP contribution in [-0.4, -0.2) is 31.2 Å². The summed E-state index contributed by atoms with van der Waals surface area (Å²) < 4.78 is 22.9. The molecule has 0 aliphatic carbocycles. The van der Waals surface area contributed by atoms with Crippen LogP contribution in [0.4, 0.5) is 0 Å². The number of hydrogen-bond donors (Lipinski definition) is 0. The van der Waals surface area contributed by atoms with Crippen molar-refractivity contribution in [3.63, 3.8) is 0 Å². The standard InChI is InChI=1S/C19H26O4/c1-6-7-17(12-18-14(2)22-19(3,4)23-18)21-13-15-8-10-16(20-5)11-9-15/h1,8-11,14,17-18H,7,12-13H2,2-5H3/t14-,17+,18-/m1/s1. The van der Waals surface area contributed by atoms with E-state index in [1.807, 2.05) is 45.0 Å². The van der Waals surface area contributed by atoms with Crippen LogP contribution >= 0.6 is 0 Å². The molecule has 2 rings (SSSR count). The van der Waals surface area contributed by atoms with Crippen molar-refractivity contribution < 1.29 is 18.9 Å². The number of hydrogen-bond acceptors (Lipinski definition) is 4. The second kappa shape index (κ2) is 7.83. The molecule has 0 aromatic heterocycles. The van der Waals surface area contributed by atoms with E-state index in [1.54, 1.807) is 7.11 Å². The van der Waals surface area contributed by atoms with Crippen molar-refractivity contribution in [2.45, 2.75) is 64.3 Å². The average molecular weight is 318 g/mol. The Kier molecular flexibility index (Phi) is 6.06. The highest BCUT2D eigenvalue weighted by Gasteiger charge is 2.39. The summed E-state index contributed by atoms with van der Waals surface area (Å²) in [6.45, 7) is 6.40. The molecule has 0 N–H and O–H groups in total. The van der Waals surface area contributed by atoms with E-state index < -0.39 is 5.79 Å². The zero-order valence-electron chi connectivity index (χ0n) is 14.4. The fourth-order valence-corrected chi connectivity index (χ4v) is 2.79. The number of rotatable bonds is 7. The lowest BCUT2D eigenvalue weighted by molar-refractivity contribution is -0.148. The third-order valence-corrected chi connectivity index (χ3v) is 3.91. The van der Waals surface area contributed by atoms with E-state index in [1.165, 1.54) is 0 Å². The summed E-state index contributed by atoms with van der Waals surface area (Å²) in [6, 6.07) is 7.83. The van der Waals surface area contributed by atoms with Crippen LogP contribution in [-0.2, 0) is 20.8 Å². The van der Waals surface area contributed by atoms with E-state index in [-0.39, 0.29) is 18.3 Å². The number of ether oxygens (including phenoxy) is 4. The molecule has 0 saturated carbocycles. The van der Waals surface area contributed by atoms with Gasteiger partial charge in [-0.3, -0.25) is 0 Å². The molecule has 1 aliphatic rings. The molecule has 0 spiro atoms. The van der Waals surface area contributed by atoms with Crippen LogP contribution in [0.5, 0.6) is 5.75 Å². The summed E-state index contributed by atoms with van der Waals surface area (Å²) in [5, 5.41) is 0. The van der Waals surface area contributed by atoms with Gasteiger partial charge in [0, 0.05) is 12.8 Å². The minimum atomic E-state index is -0.541. The molecule has 1 aromatic rings. The van der Waals surface area contributed by atoms with Crippen LogP contribution in [0.2, 0.25) is 0 Å². The summed E-state index contributed by atoms with van der Waals surface area (Å²) in [4.78, 5) is 0. The van der Waals surface area contributed by atoms with Crippen molar-refractivity contribution in [1.82, 2.24) is 0 Å². The molecule has 126 valence electrons. The summed E-state index contributed by atoms with van der Waals surface area (Å²) in [5.74, 6) is 2.98. The first kappa shape index (κ1) is 17.8. The Bertz CT molecular complexity index is 529. The maximum atomic E-state index is 6.00. The van der Waals surface area contributed by atoms with Gasteiger partial charge in [0.25, 0.3) is 0 Å². The number of terminal acetylenes is 1. The summed E-state index contributed by atoms with van der Waals surface area (Å²) in [6.07, 6.45) is 6.75. The third kappa shape index (κ3) is 5.24. The highest BCUT2D eigenvalue weighted by atomic mass is 16.7. The van der Waals surface area contributed by atoms with Crippen molar-refractivity contribution in [2.24, 2.45) is 0 Å². The SMILES string of the molecule is C#CC[C@@H](C[C@H]1OC(C)(C)O[C@@H]1C)OCc1ccc(OC)cc1. The fraction of sp³-hybridized carbons (Fsp3) is 0.579. The third-order valence-electron chi connectivity index (χ3n) is 3.91. The van der Waals surface area contributed by atoms with Gasteiger partial charge in [-0.25, -0.2) is 0 Å². The van der Waals surface area contributed by atoms with E-state index in [9.17, 15) is 0 Å². The minimum absolute atomic E-state index is 0.000725. The molecule has 0 radical (unpaired) electrons. The highest BCUT2D eigenvalue weighted by Crippen LogP contribution is 2.31. The molecule has 0 amide bonds.